The Kier molecular flexibility index (Phi) is 12.0. The van der Waals surface area contributed by atoms with Gasteiger partial charge in [-0.3, -0.25) is 0 Å². The van der Waals surface area contributed by atoms with Crippen molar-refractivity contribution in [1.29, 1.82) is 0 Å². The number of ether oxygens (including phenoxy) is 4. The maximum absolute atomic E-state index is 13.8. The Hall–Kier alpha value is -5.15. The van der Waals surface area contributed by atoms with E-state index in [1.807, 2.05) is 45.9 Å². The van der Waals surface area contributed by atoms with Crippen molar-refractivity contribution in [3.05, 3.63) is 148 Å². The highest BCUT2D eigenvalue weighted by atomic mass is 32.2. The molecule has 0 aliphatic heterocycles. The van der Waals surface area contributed by atoms with Crippen LogP contribution in [0.3, 0.4) is 0 Å². The molecular formula is C44H45F2O6S+. The van der Waals surface area contributed by atoms with Crippen molar-refractivity contribution >= 4 is 22.8 Å². The molecule has 0 spiro atoms. The third-order valence-corrected chi connectivity index (χ3v) is 10.9. The highest BCUT2D eigenvalue weighted by Gasteiger charge is 2.32. The SMILES string of the molecule is Cc1cc([S+](c2ccccc2)c2cc(C)c(OCC(=O)OC(C)(C)c3cccc(F)c3)c(C)c2)cc(C)c1OCC(=O)OC(C)(C)c1cccc(F)c1. The van der Waals surface area contributed by atoms with Crippen LogP contribution in [0.4, 0.5) is 8.78 Å². The topological polar surface area (TPSA) is 71.1 Å². The minimum atomic E-state index is -1.04. The average Bonchev–Trinajstić information content (AvgIpc) is 3.08. The van der Waals surface area contributed by atoms with Crippen molar-refractivity contribution in [3.63, 3.8) is 0 Å². The van der Waals surface area contributed by atoms with Crippen LogP contribution in [0.1, 0.15) is 61.1 Å². The summed E-state index contributed by atoms with van der Waals surface area (Å²) in [6, 6.07) is 30.5. The third kappa shape index (κ3) is 9.64. The van der Waals surface area contributed by atoms with Gasteiger partial charge in [0.25, 0.3) is 0 Å². The van der Waals surface area contributed by atoms with Crippen molar-refractivity contribution in [2.45, 2.75) is 81.3 Å². The molecule has 0 heterocycles. The molecule has 0 bridgehead atoms. The normalized spacial score (nSPS) is 11.7. The minimum absolute atomic E-state index is 0.306. The van der Waals surface area contributed by atoms with E-state index in [2.05, 4.69) is 36.4 Å². The quantitative estimate of drug-likeness (QED) is 0.0885. The number of carbonyl (C=O) groups is 2. The summed E-state index contributed by atoms with van der Waals surface area (Å²) < 4.78 is 51.1. The lowest BCUT2D eigenvalue weighted by molar-refractivity contribution is -0.160. The third-order valence-electron chi connectivity index (χ3n) is 8.76. The molecule has 0 unspecified atom stereocenters. The van der Waals surface area contributed by atoms with Crippen LogP contribution in [0.15, 0.2) is 118 Å². The molecule has 5 aromatic rings. The van der Waals surface area contributed by atoms with E-state index in [-0.39, 0.29) is 13.2 Å². The first-order valence-corrected chi connectivity index (χ1v) is 18.5. The molecule has 0 N–H and O–H groups in total. The predicted octanol–water partition coefficient (Wildman–Crippen LogP) is 10.0. The summed E-state index contributed by atoms with van der Waals surface area (Å²) in [6.07, 6.45) is 0. The number of rotatable bonds is 13. The van der Waals surface area contributed by atoms with E-state index in [1.54, 1.807) is 52.0 Å². The summed E-state index contributed by atoms with van der Waals surface area (Å²) in [7, 11) is -0.527. The second kappa shape index (κ2) is 16.3. The molecule has 0 aliphatic carbocycles. The largest absolute Gasteiger partial charge is 0.481 e. The average molecular weight is 740 g/mol. The molecule has 5 aromatic carbocycles. The minimum Gasteiger partial charge on any atom is -0.481 e. The van der Waals surface area contributed by atoms with Crippen LogP contribution in [0.5, 0.6) is 11.5 Å². The first-order valence-electron chi connectivity index (χ1n) is 17.3. The second-order valence-corrected chi connectivity index (χ2v) is 16.0. The van der Waals surface area contributed by atoms with Gasteiger partial charge in [-0.25, -0.2) is 18.4 Å². The highest BCUT2D eigenvalue weighted by molar-refractivity contribution is 7.97. The van der Waals surface area contributed by atoms with Gasteiger partial charge in [-0.2, -0.15) is 0 Å². The monoisotopic (exact) mass is 739 g/mol. The summed E-state index contributed by atoms with van der Waals surface area (Å²) in [5.74, 6) is -0.755. The van der Waals surface area contributed by atoms with E-state index in [0.29, 0.717) is 22.6 Å². The lowest BCUT2D eigenvalue weighted by Gasteiger charge is -2.26. The van der Waals surface area contributed by atoms with Gasteiger partial charge >= 0.3 is 11.9 Å². The van der Waals surface area contributed by atoms with Crippen LogP contribution >= 0.6 is 0 Å². The zero-order valence-electron chi connectivity index (χ0n) is 31.3. The fraction of sp³-hybridized carbons (Fsp3) is 0.273. The molecule has 0 saturated carbocycles. The molecule has 0 aliphatic rings. The van der Waals surface area contributed by atoms with Crippen LogP contribution in [0, 0.1) is 39.3 Å². The number of esters is 2. The molecule has 6 nitrogen and oxygen atoms in total. The molecule has 0 saturated heterocycles. The molecule has 0 atom stereocenters. The number of benzene rings is 5. The van der Waals surface area contributed by atoms with Gasteiger partial charge in [-0.15, -0.1) is 0 Å². The van der Waals surface area contributed by atoms with Gasteiger partial charge < -0.3 is 18.9 Å². The van der Waals surface area contributed by atoms with Crippen LogP contribution < -0.4 is 9.47 Å². The predicted molar refractivity (Wildman–Crippen MR) is 202 cm³/mol. The van der Waals surface area contributed by atoms with Gasteiger partial charge in [-0.1, -0.05) is 42.5 Å². The lowest BCUT2D eigenvalue weighted by atomic mass is 9.98. The van der Waals surface area contributed by atoms with Crippen molar-refractivity contribution in [3.8, 4) is 11.5 Å². The highest BCUT2D eigenvalue weighted by Crippen LogP contribution is 2.38. The molecule has 0 fully saturated rings. The van der Waals surface area contributed by atoms with E-state index < -0.39 is 45.7 Å². The fourth-order valence-corrected chi connectivity index (χ4v) is 8.64. The van der Waals surface area contributed by atoms with E-state index in [0.717, 1.165) is 36.9 Å². The summed E-state index contributed by atoms with van der Waals surface area (Å²) in [6.45, 7) is 14.0. The molecule has 276 valence electrons. The van der Waals surface area contributed by atoms with Gasteiger partial charge in [0.2, 0.25) is 0 Å². The van der Waals surface area contributed by atoms with Crippen molar-refractivity contribution in [2.75, 3.05) is 13.2 Å². The molecule has 0 radical (unpaired) electrons. The first kappa shape index (κ1) is 39.1. The number of halogens is 2. The smallest absolute Gasteiger partial charge is 0.345 e. The van der Waals surface area contributed by atoms with Crippen molar-refractivity contribution in [2.24, 2.45) is 0 Å². The number of aryl methyl sites for hydroxylation is 4. The molecular weight excluding hydrogens is 695 g/mol. The van der Waals surface area contributed by atoms with E-state index >= 15 is 0 Å². The Morgan fingerprint density at radius 1 is 0.528 bits per heavy atom. The Morgan fingerprint density at radius 3 is 1.26 bits per heavy atom. The van der Waals surface area contributed by atoms with Gasteiger partial charge in [0.1, 0.15) is 34.3 Å². The standard InChI is InChI=1S/C44H45F2O6S/c1-28-20-37(21-29(2)41(28)49-26-39(47)51-43(5,6)32-14-12-16-34(45)24-32)53(36-18-10-9-11-19-36)38-22-30(3)42(31(4)23-38)50-27-40(48)52-44(7,8)33-15-13-17-35(46)25-33/h9-25H,26-27H2,1-8H3/q+1. The van der Waals surface area contributed by atoms with E-state index in [9.17, 15) is 18.4 Å². The molecule has 0 aromatic heterocycles. The summed E-state index contributed by atoms with van der Waals surface area (Å²) in [4.78, 5) is 29.0. The van der Waals surface area contributed by atoms with E-state index in [4.69, 9.17) is 18.9 Å². The maximum Gasteiger partial charge on any atom is 0.345 e. The number of hydrogen-bond donors (Lipinski definition) is 0. The maximum atomic E-state index is 13.8. The summed E-state index contributed by atoms with van der Waals surface area (Å²) in [5.41, 5.74) is 2.45. The van der Waals surface area contributed by atoms with Crippen molar-refractivity contribution in [1.82, 2.24) is 0 Å². The molecule has 9 heteroatoms. The Bertz CT molecular complexity index is 1930. The van der Waals surface area contributed by atoms with E-state index in [1.165, 1.54) is 24.3 Å². The molecule has 53 heavy (non-hydrogen) atoms. The molecule has 0 amide bonds. The number of hydrogen-bond acceptors (Lipinski definition) is 6. The summed E-state index contributed by atoms with van der Waals surface area (Å²) >= 11 is 0. The van der Waals surface area contributed by atoms with Crippen LogP contribution in [-0.2, 0) is 41.2 Å². The van der Waals surface area contributed by atoms with Gasteiger partial charge in [0, 0.05) is 24.3 Å². The summed E-state index contributed by atoms with van der Waals surface area (Å²) in [5, 5.41) is 0. The van der Waals surface area contributed by atoms with Crippen LogP contribution in [0.25, 0.3) is 0 Å². The Morgan fingerprint density at radius 2 is 0.906 bits per heavy atom. The van der Waals surface area contributed by atoms with Crippen LogP contribution in [0.2, 0.25) is 0 Å². The van der Waals surface area contributed by atoms with Gasteiger partial charge in [0.05, 0.1) is 10.9 Å². The lowest BCUT2D eigenvalue weighted by Crippen LogP contribution is -2.29. The Balaban J connectivity index is 1.34. The number of carbonyl (C=O) groups excluding carboxylic acids is 2. The Labute approximate surface area is 313 Å². The zero-order valence-corrected chi connectivity index (χ0v) is 32.2. The van der Waals surface area contributed by atoms with Gasteiger partial charge in [-0.05, 0) is 125 Å². The van der Waals surface area contributed by atoms with Crippen molar-refractivity contribution < 1.29 is 37.3 Å². The fourth-order valence-electron chi connectivity index (χ4n) is 6.21. The second-order valence-electron chi connectivity index (χ2n) is 14.0. The van der Waals surface area contributed by atoms with Gasteiger partial charge in [0.15, 0.2) is 27.9 Å². The molecule has 5 rings (SSSR count). The van der Waals surface area contributed by atoms with Crippen LogP contribution in [-0.4, -0.2) is 25.2 Å². The first-order chi connectivity index (χ1) is 25.0. The zero-order chi connectivity index (χ0) is 38.5.